The number of carbonyl (C=O) groups excluding carboxylic acids is 1. The van der Waals surface area contributed by atoms with Crippen molar-refractivity contribution in [3.8, 4) is 0 Å². The quantitative estimate of drug-likeness (QED) is 0.822. The van der Waals surface area contributed by atoms with E-state index in [1.54, 1.807) is 0 Å². The van der Waals surface area contributed by atoms with Gasteiger partial charge in [0.2, 0.25) is 5.78 Å². The van der Waals surface area contributed by atoms with Gasteiger partial charge < -0.3 is 14.8 Å². The predicted molar refractivity (Wildman–Crippen MR) is 73.1 cm³/mol. The van der Waals surface area contributed by atoms with Crippen LogP contribution in [0.25, 0.3) is 11.1 Å². The number of carboxylic acids is 1. The number of carbonyl (C=O) groups is 2. The maximum absolute atomic E-state index is 12.0. The molecule has 1 saturated heterocycles. The Bertz CT molecular complexity index is 672. The van der Waals surface area contributed by atoms with Gasteiger partial charge in [-0.15, -0.1) is 0 Å². The van der Waals surface area contributed by atoms with Crippen LogP contribution in [0.5, 0.6) is 0 Å². The highest BCUT2D eigenvalue weighted by atomic mass is 19.4. The maximum atomic E-state index is 12.0. The zero-order valence-electron chi connectivity index (χ0n) is 11.8. The Kier molecular flexibility index (Phi) is 4.99. The van der Waals surface area contributed by atoms with E-state index in [2.05, 4.69) is 10.3 Å². The van der Waals surface area contributed by atoms with Gasteiger partial charge >= 0.3 is 12.1 Å². The fourth-order valence-electron chi connectivity index (χ4n) is 2.03. The van der Waals surface area contributed by atoms with E-state index in [0.29, 0.717) is 5.58 Å². The van der Waals surface area contributed by atoms with Gasteiger partial charge in [0.05, 0.1) is 6.04 Å². The Morgan fingerprint density at radius 3 is 2.48 bits per heavy atom. The molecule has 1 aliphatic heterocycles. The van der Waals surface area contributed by atoms with E-state index in [4.69, 9.17) is 14.3 Å². The van der Waals surface area contributed by atoms with Gasteiger partial charge in [0, 0.05) is 0 Å². The molecule has 2 N–H and O–H groups in total. The van der Waals surface area contributed by atoms with Crippen molar-refractivity contribution in [2.24, 2.45) is 0 Å². The lowest BCUT2D eigenvalue weighted by atomic mass is 10.1. The number of nitrogens with one attached hydrogen (secondary N) is 1. The molecule has 124 valence electrons. The molecular formula is C14H13F3N2O4. The van der Waals surface area contributed by atoms with Gasteiger partial charge in [0.15, 0.2) is 5.58 Å². The van der Waals surface area contributed by atoms with Crippen molar-refractivity contribution in [2.75, 3.05) is 6.54 Å². The summed E-state index contributed by atoms with van der Waals surface area (Å²) in [5.41, 5.74) is 1.41. The second kappa shape index (κ2) is 6.78. The van der Waals surface area contributed by atoms with E-state index in [9.17, 15) is 18.0 Å². The smallest absolute Gasteiger partial charge is 0.475 e. The minimum Gasteiger partial charge on any atom is -0.475 e. The standard InChI is InChI=1S/C12H12N2O2.C2HF3O2/c15-11(9-5-3-7-13-9)12-14-8-4-1-2-6-10(8)16-12;3-2(4,5)1(6)7/h1-2,4,6,9,13H,3,5,7H2;(H,6,7)/t9-;/m0./s1. The van der Waals surface area contributed by atoms with Crippen LogP contribution >= 0.6 is 0 Å². The predicted octanol–water partition coefficient (Wildman–Crippen LogP) is 2.40. The van der Waals surface area contributed by atoms with Gasteiger partial charge in [-0.1, -0.05) is 12.1 Å². The summed E-state index contributed by atoms with van der Waals surface area (Å²) in [6, 6.07) is 7.30. The lowest BCUT2D eigenvalue weighted by Crippen LogP contribution is -2.30. The second-order valence-electron chi connectivity index (χ2n) is 4.80. The third-order valence-electron chi connectivity index (χ3n) is 3.12. The van der Waals surface area contributed by atoms with Crippen LogP contribution in [0, 0.1) is 0 Å². The number of aromatic nitrogens is 1. The number of para-hydroxylation sites is 2. The second-order valence-corrected chi connectivity index (χ2v) is 4.80. The third kappa shape index (κ3) is 4.28. The molecule has 9 heteroatoms. The van der Waals surface area contributed by atoms with Gasteiger partial charge in [-0.2, -0.15) is 13.2 Å². The van der Waals surface area contributed by atoms with E-state index < -0.39 is 12.1 Å². The molecule has 0 saturated carbocycles. The van der Waals surface area contributed by atoms with Crippen molar-refractivity contribution in [3.05, 3.63) is 30.2 Å². The number of benzene rings is 1. The number of halogens is 3. The third-order valence-corrected chi connectivity index (χ3v) is 3.12. The highest BCUT2D eigenvalue weighted by Crippen LogP contribution is 2.18. The molecule has 0 spiro atoms. The molecule has 3 rings (SSSR count). The summed E-state index contributed by atoms with van der Waals surface area (Å²) in [6.45, 7) is 0.899. The molecule has 0 unspecified atom stereocenters. The van der Waals surface area contributed by atoms with E-state index in [-0.39, 0.29) is 17.7 Å². The van der Waals surface area contributed by atoms with Crippen LogP contribution in [0.4, 0.5) is 13.2 Å². The zero-order chi connectivity index (χ0) is 17.0. The Morgan fingerprint density at radius 2 is 1.96 bits per heavy atom. The first-order chi connectivity index (χ1) is 10.8. The molecule has 2 aromatic rings. The first-order valence-electron chi connectivity index (χ1n) is 6.72. The van der Waals surface area contributed by atoms with E-state index >= 15 is 0 Å². The molecule has 1 fully saturated rings. The summed E-state index contributed by atoms with van der Waals surface area (Å²) in [7, 11) is 0. The number of aliphatic carboxylic acids is 1. The topological polar surface area (TPSA) is 92.4 Å². The number of carboxylic acid groups (broad SMARTS) is 1. The molecule has 0 amide bonds. The number of rotatable bonds is 2. The van der Waals surface area contributed by atoms with Crippen LogP contribution in [0.3, 0.4) is 0 Å². The molecule has 1 aliphatic rings. The number of nitrogens with zero attached hydrogens (tertiary/aromatic N) is 1. The van der Waals surface area contributed by atoms with Gasteiger partial charge in [-0.3, -0.25) is 4.79 Å². The molecular weight excluding hydrogens is 317 g/mol. The van der Waals surface area contributed by atoms with Gasteiger partial charge in [-0.05, 0) is 31.5 Å². The van der Waals surface area contributed by atoms with Crippen LogP contribution in [-0.2, 0) is 4.79 Å². The lowest BCUT2D eigenvalue weighted by molar-refractivity contribution is -0.192. The largest absolute Gasteiger partial charge is 0.490 e. The number of oxazole rings is 1. The number of Topliss-reactive ketones (excluding diaryl/α,β-unsaturated/α-hetero) is 1. The molecule has 23 heavy (non-hydrogen) atoms. The monoisotopic (exact) mass is 330 g/mol. The normalized spacial score (nSPS) is 17.6. The van der Waals surface area contributed by atoms with Crippen molar-refractivity contribution in [1.82, 2.24) is 10.3 Å². The minimum atomic E-state index is -5.08. The van der Waals surface area contributed by atoms with Gasteiger partial charge in [0.1, 0.15) is 5.52 Å². The maximum Gasteiger partial charge on any atom is 0.490 e. The van der Waals surface area contributed by atoms with Crippen molar-refractivity contribution in [3.63, 3.8) is 0 Å². The van der Waals surface area contributed by atoms with Crippen molar-refractivity contribution >= 4 is 22.9 Å². The summed E-state index contributed by atoms with van der Waals surface area (Å²) < 4.78 is 37.2. The van der Waals surface area contributed by atoms with E-state index in [1.807, 2.05) is 24.3 Å². The Balaban J connectivity index is 0.000000236. The summed E-state index contributed by atoms with van der Waals surface area (Å²) in [5, 5.41) is 10.3. The first-order valence-corrected chi connectivity index (χ1v) is 6.72. The fourth-order valence-corrected chi connectivity index (χ4v) is 2.03. The summed E-state index contributed by atoms with van der Waals surface area (Å²) in [4.78, 5) is 25.1. The Labute approximate surface area is 128 Å². The molecule has 0 aliphatic carbocycles. The van der Waals surface area contributed by atoms with Gasteiger partial charge in [0.25, 0.3) is 5.89 Å². The summed E-state index contributed by atoms with van der Waals surface area (Å²) >= 11 is 0. The van der Waals surface area contributed by atoms with Crippen LogP contribution in [0.1, 0.15) is 23.5 Å². The lowest BCUT2D eigenvalue weighted by Gasteiger charge is -2.04. The SMILES string of the molecule is O=C(O)C(F)(F)F.O=C(c1nc2ccccc2o1)[C@@H]1CCCN1. The molecule has 6 nitrogen and oxygen atoms in total. The number of alkyl halides is 3. The first kappa shape index (κ1) is 16.9. The van der Waals surface area contributed by atoms with Crippen molar-refractivity contribution in [1.29, 1.82) is 0 Å². The number of hydrogen-bond acceptors (Lipinski definition) is 5. The highest BCUT2D eigenvalue weighted by Gasteiger charge is 2.38. The molecule has 1 atom stereocenters. The average molecular weight is 330 g/mol. The highest BCUT2D eigenvalue weighted by molar-refractivity contribution is 5.98. The van der Waals surface area contributed by atoms with Crippen molar-refractivity contribution in [2.45, 2.75) is 25.1 Å². The van der Waals surface area contributed by atoms with Crippen LogP contribution in [0.15, 0.2) is 28.7 Å². The van der Waals surface area contributed by atoms with Crippen LogP contribution in [-0.4, -0.2) is 40.6 Å². The van der Waals surface area contributed by atoms with E-state index in [1.165, 1.54) is 0 Å². The minimum absolute atomic E-state index is 0.0336. The molecule has 2 heterocycles. The Morgan fingerprint density at radius 1 is 1.30 bits per heavy atom. The molecule has 0 radical (unpaired) electrons. The molecule has 0 bridgehead atoms. The summed E-state index contributed by atoms with van der Waals surface area (Å²) in [5.74, 6) is -2.57. The fraction of sp³-hybridized carbons (Fsp3) is 0.357. The zero-order valence-corrected chi connectivity index (χ0v) is 11.8. The molecule has 1 aromatic carbocycles. The average Bonchev–Trinajstić information content (AvgIpc) is 3.15. The van der Waals surface area contributed by atoms with Gasteiger partial charge in [-0.25, -0.2) is 9.78 Å². The number of fused-ring (bicyclic) bond motifs is 1. The van der Waals surface area contributed by atoms with Crippen molar-refractivity contribution < 1.29 is 32.3 Å². The Hall–Kier alpha value is -2.42. The van der Waals surface area contributed by atoms with Crippen LogP contribution in [0.2, 0.25) is 0 Å². The summed E-state index contributed by atoms with van der Waals surface area (Å²) in [6.07, 6.45) is -3.17. The number of ketones is 1. The van der Waals surface area contributed by atoms with E-state index in [0.717, 1.165) is 24.9 Å². The van der Waals surface area contributed by atoms with Crippen LogP contribution < -0.4 is 5.32 Å². The number of hydrogen-bond donors (Lipinski definition) is 2. The molecule has 1 aromatic heterocycles.